The zero-order valence-corrected chi connectivity index (χ0v) is 17.8. The van der Waals surface area contributed by atoms with Crippen molar-refractivity contribution in [1.29, 1.82) is 0 Å². The van der Waals surface area contributed by atoms with Crippen LogP contribution in [0.3, 0.4) is 0 Å². The Morgan fingerprint density at radius 3 is 2.78 bits per heavy atom. The number of anilines is 2. The van der Waals surface area contributed by atoms with E-state index in [4.69, 9.17) is 14.8 Å². The Morgan fingerprint density at radius 2 is 1.97 bits per heavy atom. The van der Waals surface area contributed by atoms with E-state index in [9.17, 15) is 4.79 Å². The van der Waals surface area contributed by atoms with E-state index in [1.807, 2.05) is 29.8 Å². The lowest BCUT2D eigenvalue weighted by Crippen LogP contribution is -2.36. The molecule has 1 aliphatic heterocycles. The number of amides is 1. The van der Waals surface area contributed by atoms with Gasteiger partial charge in [-0.25, -0.2) is 14.5 Å². The number of fused-ring (bicyclic) bond motifs is 2. The predicted molar refractivity (Wildman–Crippen MR) is 121 cm³/mol. The van der Waals surface area contributed by atoms with Crippen LogP contribution in [0.5, 0.6) is 0 Å². The summed E-state index contributed by atoms with van der Waals surface area (Å²) in [6.07, 6.45) is 7.46. The number of ether oxygens (including phenoxy) is 1. The van der Waals surface area contributed by atoms with Crippen LogP contribution < -0.4 is 10.2 Å². The molecule has 0 aromatic carbocycles. The van der Waals surface area contributed by atoms with E-state index in [0.717, 1.165) is 72.5 Å². The Labute approximate surface area is 184 Å². The van der Waals surface area contributed by atoms with Crippen molar-refractivity contribution in [2.75, 3.05) is 36.5 Å². The molecule has 0 atom stereocenters. The van der Waals surface area contributed by atoms with Crippen molar-refractivity contribution in [3.63, 3.8) is 0 Å². The molecule has 1 saturated heterocycles. The molecule has 32 heavy (non-hydrogen) atoms. The second kappa shape index (κ2) is 7.52. The molecule has 0 spiro atoms. The summed E-state index contributed by atoms with van der Waals surface area (Å²) < 4.78 is 7.26. The van der Waals surface area contributed by atoms with Crippen LogP contribution in [-0.2, 0) is 9.53 Å². The lowest BCUT2D eigenvalue weighted by Gasteiger charge is -2.28. The van der Waals surface area contributed by atoms with E-state index in [2.05, 4.69) is 26.3 Å². The van der Waals surface area contributed by atoms with Gasteiger partial charge in [0.05, 0.1) is 25.1 Å². The van der Waals surface area contributed by atoms with Crippen molar-refractivity contribution in [2.45, 2.75) is 19.8 Å². The predicted octanol–water partition coefficient (Wildman–Crippen LogP) is 2.83. The Bertz CT molecular complexity index is 1340. The third kappa shape index (κ3) is 3.44. The Hall–Kier alpha value is -3.59. The van der Waals surface area contributed by atoms with Crippen LogP contribution in [0.4, 0.5) is 11.5 Å². The summed E-state index contributed by atoms with van der Waals surface area (Å²) in [5.41, 5.74) is 3.54. The van der Waals surface area contributed by atoms with Crippen LogP contribution in [0.1, 0.15) is 18.5 Å². The van der Waals surface area contributed by atoms with Crippen molar-refractivity contribution < 1.29 is 9.53 Å². The van der Waals surface area contributed by atoms with E-state index in [-0.39, 0.29) is 11.8 Å². The maximum absolute atomic E-state index is 12.2. The van der Waals surface area contributed by atoms with Crippen LogP contribution in [0.15, 0.2) is 36.8 Å². The molecule has 6 rings (SSSR count). The number of nitrogens with zero attached hydrogens (tertiary/aromatic N) is 6. The van der Waals surface area contributed by atoms with E-state index in [0.29, 0.717) is 11.6 Å². The number of aryl methyl sites for hydroxylation is 1. The molecule has 1 aliphatic carbocycles. The highest BCUT2D eigenvalue weighted by atomic mass is 16.5. The maximum Gasteiger partial charge on any atom is 0.228 e. The minimum Gasteiger partial charge on any atom is -0.378 e. The molecule has 9 heteroatoms. The molecule has 2 fully saturated rings. The molecule has 162 valence electrons. The van der Waals surface area contributed by atoms with E-state index >= 15 is 0 Å². The van der Waals surface area contributed by atoms with Gasteiger partial charge in [-0.1, -0.05) is 0 Å². The van der Waals surface area contributed by atoms with Gasteiger partial charge in [0.15, 0.2) is 11.5 Å². The average Bonchev–Trinajstić information content (AvgIpc) is 3.59. The van der Waals surface area contributed by atoms with Crippen molar-refractivity contribution in [1.82, 2.24) is 24.6 Å². The largest absolute Gasteiger partial charge is 0.378 e. The normalized spacial score (nSPS) is 16.6. The van der Waals surface area contributed by atoms with Gasteiger partial charge in [0.25, 0.3) is 0 Å². The number of hydrogen-bond acceptors (Lipinski definition) is 7. The molecule has 1 N–H and O–H groups in total. The van der Waals surface area contributed by atoms with Crippen molar-refractivity contribution in [3.8, 4) is 11.4 Å². The van der Waals surface area contributed by atoms with Gasteiger partial charge in [0.2, 0.25) is 5.91 Å². The quantitative estimate of drug-likeness (QED) is 0.533. The molecule has 1 saturated carbocycles. The van der Waals surface area contributed by atoms with Crippen molar-refractivity contribution in [2.24, 2.45) is 5.92 Å². The van der Waals surface area contributed by atoms with Gasteiger partial charge < -0.3 is 15.0 Å². The number of hydrogen-bond donors (Lipinski definition) is 1. The zero-order chi connectivity index (χ0) is 21.7. The second-order valence-electron chi connectivity index (χ2n) is 8.36. The summed E-state index contributed by atoms with van der Waals surface area (Å²) in [5.74, 6) is 1.28. The van der Waals surface area contributed by atoms with Gasteiger partial charge in [-0.3, -0.25) is 9.78 Å². The SMILES string of the molecule is Cc1ncc(-c2nc3ccc(N4CCOCC4)cn3n2)c2cc(NC(=O)C3CC3)ncc12. The number of carbonyl (C=O) groups excluding carboxylic acids is 1. The van der Waals surface area contributed by atoms with Gasteiger partial charge in [0, 0.05) is 53.4 Å². The third-order valence-corrected chi connectivity index (χ3v) is 6.10. The molecule has 2 aliphatic rings. The van der Waals surface area contributed by atoms with Gasteiger partial charge in [-0.2, -0.15) is 0 Å². The number of carbonyl (C=O) groups is 1. The fourth-order valence-corrected chi connectivity index (χ4v) is 4.08. The fraction of sp³-hybridized carbons (Fsp3) is 0.348. The average molecular weight is 429 g/mol. The highest BCUT2D eigenvalue weighted by molar-refractivity contribution is 5.99. The standard InChI is InChI=1S/C23H23N7O2/c1-14-18-11-25-20(26-23(31)15-2-3-15)10-17(18)19(12-24-14)22-27-21-5-4-16(13-30(21)28-22)29-6-8-32-9-7-29/h4-5,10-13,15H,2-3,6-9H2,1H3,(H,25,26,31). The lowest BCUT2D eigenvalue weighted by molar-refractivity contribution is -0.117. The molecular formula is C23H23N7O2. The van der Waals surface area contributed by atoms with E-state index in [1.54, 1.807) is 12.4 Å². The van der Waals surface area contributed by atoms with Crippen LogP contribution >= 0.6 is 0 Å². The monoisotopic (exact) mass is 429 g/mol. The topological polar surface area (TPSA) is 97.5 Å². The van der Waals surface area contributed by atoms with Gasteiger partial charge in [-0.15, -0.1) is 5.10 Å². The number of morpholine rings is 1. The molecule has 4 aromatic rings. The van der Waals surface area contributed by atoms with Gasteiger partial charge in [0.1, 0.15) is 5.82 Å². The Morgan fingerprint density at radius 1 is 1.12 bits per heavy atom. The molecule has 9 nitrogen and oxygen atoms in total. The first kappa shape index (κ1) is 19.1. The summed E-state index contributed by atoms with van der Waals surface area (Å²) in [7, 11) is 0. The molecule has 4 aromatic heterocycles. The zero-order valence-electron chi connectivity index (χ0n) is 17.8. The number of rotatable bonds is 4. The molecule has 5 heterocycles. The first-order valence-electron chi connectivity index (χ1n) is 10.9. The summed E-state index contributed by atoms with van der Waals surface area (Å²) >= 11 is 0. The van der Waals surface area contributed by atoms with Crippen LogP contribution in [0.2, 0.25) is 0 Å². The molecule has 0 unspecified atom stereocenters. The molecular weight excluding hydrogens is 406 g/mol. The van der Waals surface area contributed by atoms with Gasteiger partial charge in [-0.05, 0) is 38.0 Å². The van der Waals surface area contributed by atoms with Crippen LogP contribution in [-0.4, -0.2) is 56.8 Å². The fourth-order valence-electron chi connectivity index (χ4n) is 4.08. The first-order valence-corrected chi connectivity index (χ1v) is 10.9. The minimum atomic E-state index is 0.0330. The highest BCUT2D eigenvalue weighted by Gasteiger charge is 2.30. The highest BCUT2D eigenvalue weighted by Crippen LogP contribution is 2.32. The third-order valence-electron chi connectivity index (χ3n) is 6.10. The second-order valence-corrected chi connectivity index (χ2v) is 8.36. The summed E-state index contributed by atoms with van der Waals surface area (Å²) in [4.78, 5) is 28.2. The summed E-state index contributed by atoms with van der Waals surface area (Å²) in [6.45, 7) is 5.14. The van der Waals surface area contributed by atoms with E-state index < -0.39 is 0 Å². The molecule has 0 bridgehead atoms. The van der Waals surface area contributed by atoms with E-state index in [1.165, 1.54) is 0 Å². The lowest BCUT2D eigenvalue weighted by atomic mass is 10.1. The first-order chi connectivity index (χ1) is 15.7. The molecule has 1 amide bonds. The van der Waals surface area contributed by atoms with Crippen LogP contribution in [0.25, 0.3) is 27.8 Å². The number of pyridine rings is 3. The minimum absolute atomic E-state index is 0.0330. The Kier molecular flexibility index (Phi) is 4.50. The van der Waals surface area contributed by atoms with Gasteiger partial charge >= 0.3 is 0 Å². The van der Waals surface area contributed by atoms with Crippen molar-refractivity contribution >= 4 is 33.8 Å². The summed E-state index contributed by atoms with van der Waals surface area (Å²) in [6, 6.07) is 5.94. The number of nitrogens with one attached hydrogen (secondary N) is 1. The number of aromatic nitrogens is 5. The smallest absolute Gasteiger partial charge is 0.228 e. The van der Waals surface area contributed by atoms with Crippen molar-refractivity contribution in [3.05, 3.63) is 42.5 Å². The maximum atomic E-state index is 12.2. The van der Waals surface area contributed by atoms with Crippen LogP contribution in [0, 0.1) is 12.8 Å². The Balaban J connectivity index is 1.40. The summed E-state index contributed by atoms with van der Waals surface area (Å²) in [5, 5.41) is 9.52. The molecule has 0 radical (unpaired) electrons.